The predicted octanol–water partition coefficient (Wildman–Crippen LogP) is 1.95. The summed E-state index contributed by atoms with van der Waals surface area (Å²) in [7, 11) is 3.35. The van der Waals surface area contributed by atoms with Crippen LogP contribution in [0, 0.1) is 0 Å². The zero-order valence-corrected chi connectivity index (χ0v) is 12.6. The fourth-order valence-electron chi connectivity index (χ4n) is 2.25. The molecule has 0 saturated heterocycles. The largest absolute Gasteiger partial charge is 0.478 e. The molecule has 0 aliphatic rings. The quantitative estimate of drug-likeness (QED) is 0.933. The molecule has 0 saturated carbocycles. The third kappa shape index (κ3) is 2.74. The number of fused-ring (bicyclic) bond motifs is 1. The molecule has 0 atom stereocenters. The van der Waals surface area contributed by atoms with Crippen LogP contribution < -0.4 is 0 Å². The van der Waals surface area contributed by atoms with Crippen molar-refractivity contribution in [2.75, 3.05) is 14.1 Å². The van der Waals surface area contributed by atoms with Crippen LogP contribution in [-0.4, -0.2) is 45.5 Å². The molecule has 2 rings (SSSR count). The molecule has 0 aliphatic carbocycles. The van der Waals surface area contributed by atoms with Crippen molar-refractivity contribution >= 4 is 22.9 Å². The molecule has 1 amide bonds. The minimum atomic E-state index is -1.02. The Morgan fingerprint density at radius 1 is 1.33 bits per heavy atom. The molecule has 1 N–H and O–H groups in total. The van der Waals surface area contributed by atoms with E-state index in [0.29, 0.717) is 16.9 Å². The highest BCUT2D eigenvalue weighted by molar-refractivity contribution is 6.01. The number of nitrogens with zero attached hydrogens (tertiary/aromatic N) is 3. The van der Waals surface area contributed by atoms with Gasteiger partial charge in [-0.05, 0) is 12.1 Å². The summed E-state index contributed by atoms with van der Waals surface area (Å²) < 4.78 is 1.71. The Kier molecular flexibility index (Phi) is 3.97. The van der Waals surface area contributed by atoms with Crippen molar-refractivity contribution < 1.29 is 14.7 Å². The second kappa shape index (κ2) is 5.55. The molecule has 2 aromatic rings. The number of carbonyl (C=O) groups excluding carboxylic acids is 1. The van der Waals surface area contributed by atoms with Crippen LogP contribution in [0.4, 0.5) is 0 Å². The van der Waals surface area contributed by atoms with E-state index in [1.165, 1.54) is 11.0 Å². The summed E-state index contributed by atoms with van der Waals surface area (Å²) in [5.41, 5.74) is 1.27. The van der Waals surface area contributed by atoms with Crippen LogP contribution in [0.15, 0.2) is 18.2 Å². The summed E-state index contributed by atoms with van der Waals surface area (Å²) in [4.78, 5) is 29.5. The standard InChI is InChI=1S/C15H19N3O3/c1-9(2)14-16-11-7-5-6-10(15(20)21)13(11)18(14)8-12(19)17(3)4/h5-7,9H,8H2,1-4H3,(H,20,21). The number of imidazole rings is 1. The van der Waals surface area contributed by atoms with E-state index in [4.69, 9.17) is 0 Å². The number of amides is 1. The number of aromatic nitrogens is 2. The van der Waals surface area contributed by atoms with Gasteiger partial charge in [0, 0.05) is 20.0 Å². The maximum Gasteiger partial charge on any atom is 0.337 e. The van der Waals surface area contributed by atoms with Crippen molar-refractivity contribution in [1.82, 2.24) is 14.5 Å². The van der Waals surface area contributed by atoms with E-state index < -0.39 is 5.97 Å². The average molecular weight is 289 g/mol. The van der Waals surface area contributed by atoms with Gasteiger partial charge in [0.15, 0.2) is 0 Å². The van der Waals surface area contributed by atoms with Gasteiger partial charge < -0.3 is 14.6 Å². The number of carbonyl (C=O) groups is 2. The first-order valence-electron chi connectivity index (χ1n) is 6.75. The summed E-state index contributed by atoms with van der Waals surface area (Å²) in [5.74, 6) is -0.311. The Morgan fingerprint density at radius 3 is 2.52 bits per heavy atom. The van der Waals surface area contributed by atoms with Crippen molar-refractivity contribution in [3.63, 3.8) is 0 Å². The van der Waals surface area contributed by atoms with E-state index in [1.807, 2.05) is 13.8 Å². The summed E-state index contributed by atoms with van der Waals surface area (Å²) >= 11 is 0. The van der Waals surface area contributed by atoms with Crippen molar-refractivity contribution in [1.29, 1.82) is 0 Å². The molecule has 0 spiro atoms. The number of para-hydroxylation sites is 1. The lowest BCUT2D eigenvalue weighted by atomic mass is 10.2. The molecule has 1 heterocycles. The molecule has 1 aromatic heterocycles. The Hall–Kier alpha value is -2.37. The van der Waals surface area contributed by atoms with Crippen LogP contribution >= 0.6 is 0 Å². The maximum absolute atomic E-state index is 12.0. The van der Waals surface area contributed by atoms with Crippen LogP contribution in [0.25, 0.3) is 11.0 Å². The fourth-order valence-corrected chi connectivity index (χ4v) is 2.25. The number of aromatic carboxylic acids is 1. The number of carboxylic acid groups (broad SMARTS) is 1. The van der Waals surface area contributed by atoms with Crippen molar-refractivity contribution in [2.45, 2.75) is 26.3 Å². The number of carboxylic acids is 1. The highest BCUT2D eigenvalue weighted by Crippen LogP contribution is 2.25. The molecular weight excluding hydrogens is 270 g/mol. The van der Waals surface area contributed by atoms with Gasteiger partial charge in [0.05, 0.1) is 16.6 Å². The molecular formula is C15H19N3O3. The number of rotatable bonds is 4. The molecule has 1 aromatic carbocycles. The Morgan fingerprint density at radius 2 is 2.00 bits per heavy atom. The molecule has 0 bridgehead atoms. The zero-order valence-electron chi connectivity index (χ0n) is 12.6. The van der Waals surface area contributed by atoms with Gasteiger partial charge in [-0.3, -0.25) is 4.79 Å². The van der Waals surface area contributed by atoms with Crippen LogP contribution in [-0.2, 0) is 11.3 Å². The molecule has 21 heavy (non-hydrogen) atoms. The lowest BCUT2D eigenvalue weighted by Gasteiger charge is -2.15. The number of hydrogen-bond donors (Lipinski definition) is 1. The Balaban J connectivity index is 2.71. The van der Waals surface area contributed by atoms with E-state index in [1.54, 1.807) is 30.8 Å². The molecule has 112 valence electrons. The van der Waals surface area contributed by atoms with Gasteiger partial charge in [-0.15, -0.1) is 0 Å². The normalized spacial score (nSPS) is 11.1. The molecule has 0 fully saturated rings. The number of benzene rings is 1. The highest BCUT2D eigenvalue weighted by Gasteiger charge is 2.21. The minimum Gasteiger partial charge on any atom is -0.478 e. The first-order valence-corrected chi connectivity index (χ1v) is 6.75. The summed E-state index contributed by atoms with van der Waals surface area (Å²) in [6.45, 7) is 4.03. The van der Waals surface area contributed by atoms with E-state index in [9.17, 15) is 14.7 Å². The first kappa shape index (κ1) is 15.0. The van der Waals surface area contributed by atoms with Crippen LogP contribution in [0.5, 0.6) is 0 Å². The van der Waals surface area contributed by atoms with E-state index in [0.717, 1.165) is 0 Å². The van der Waals surface area contributed by atoms with Crippen LogP contribution in [0.3, 0.4) is 0 Å². The van der Waals surface area contributed by atoms with Gasteiger partial charge >= 0.3 is 5.97 Å². The lowest BCUT2D eigenvalue weighted by Crippen LogP contribution is -2.27. The van der Waals surface area contributed by atoms with Gasteiger partial charge in [-0.1, -0.05) is 19.9 Å². The average Bonchev–Trinajstić information content (AvgIpc) is 2.77. The SMILES string of the molecule is CC(C)c1nc2cccc(C(=O)O)c2n1CC(=O)N(C)C. The first-order chi connectivity index (χ1) is 9.82. The molecule has 6 nitrogen and oxygen atoms in total. The second-order valence-corrected chi connectivity index (χ2v) is 5.48. The summed E-state index contributed by atoms with van der Waals surface area (Å²) in [6.07, 6.45) is 0. The van der Waals surface area contributed by atoms with Gasteiger partial charge in [-0.25, -0.2) is 9.78 Å². The minimum absolute atomic E-state index is 0.0846. The second-order valence-electron chi connectivity index (χ2n) is 5.48. The maximum atomic E-state index is 12.0. The zero-order chi connectivity index (χ0) is 15.7. The van der Waals surface area contributed by atoms with Gasteiger partial charge in [-0.2, -0.15) is 0 Å². The molecule has 0 unspecified atom stereocenters. The van der Waals surface area contributed by atoms with Gasteiger partial charge in [0.1, 0.15) is 12.4 Å². The monoisotopic (exact) mass is 289 g/mol. The smallest absolute Gasteiger partial charge is 0.337 e. The lowest BCUT2D eigenvalue weighted by molar-refractivity contribution is -0.129. The Bertz CT molecular complexity index is 701. The topological polar surface area (TPSA) is 75.4 Å². The summed E-state index contributed by atoms with van der Waals surface area (Å²) in [5, 5.41) is 9.36. The fraction of sp³-hybridized carbons (Fsp3) is 0.400. The number of hydrogen-bond acceptors (Lipinski definition) is 3. The van der Waals surface area contributed by atoms with Crippen molar-refractivity contribution in [3.8, 4) is 0 Å². The van der Waals surface area contributed by atoms with Crippen LogP contribution in [0.2, 0.25) is 0 Å². The molecule has 6 heteroatoms. The Labute approximate surface area is 123 Å². The van der Waals surface area contributed by atoms with E-state index in [2.05, 4.69) is 4.98 Å². The highest BCUT2D eigenvalue weighted by atomic mass is 16.4. The van der Waals surface area contributed by atoms with Crippen LogP contribution in [0.1, 0.15) is 35.9 Å². The van der Waals surface area contributed by atoms with Gasteiger partial charge in [0.25, 0.3) is 0 Å². The third-order valence-electron chi connectivity index (χ3n) is 3.34. The summed E-state index contributed by atoms with van der Waals surface area (Å²) in [6, 6.07) is 4.97. The molecule has 0 aliphatic heterocycles. The van der Waals surface area contributed by atoms with E-state index in [-0.39, 0.29) is 23.9 Å². The predicted molar refractivity (Wildman–Crippen MR) is 79.5 cm³/mol. The van der Waals surface area contributed by atoms with Gasteiger partial charge in [0.2, 0.25) is 5.91 Å². The number of likely N-dealkylation sites (N-methyl/N-ethyl adjacent to an activating group) is 1. The van der Waals surface area contributed by atoms with E-state index >= 15 is 0 Å². The molecule has 0 radical (unpaired) electrons. The van der Waals surface area contributed by atoms with Crippen molar-refractivity contribution in [3.05, 3.63) is 29.6 Å². The van der Waals surface area contributed by atoms with Crippen molar-refractivity contribution in [2.24, 2.45) is 0 Å². The third-order valence-corrected chi connectivity index (χ3v) is 3.34.